The Hall–Kier alpha value is -2.89. The van der Waals surface area contributed by atoms with Crippen LogP contribution in [0.25, 0.3) is 10.9 Å². The zero-order valence-corrected chi connectivity index (χ0v) is 14.6. The van der Waals surface area contributed by atoms with Crippen molar-refractivity contribution < 1.29 is 4.79 Å². The molecule has 0 bridgehead atoms. The van der Waals surface area contributed by atoms with Crippen molar-refractivity contribution in [2.75, 3.05) is 6.54 Å². The van der Waals surface area contributed by atoms with E-state index in [9.17, 15) is 4.79 Å². The summed E-state index contributed by atoms with van der Waals surface area (Å²) in [6, 6.07) is 9.79. The molecule has 130 valence electrons. The van der Waals surface area contributed by atoms with E-state index in [2.05, 4.69) is 32.1 Å². The molecule has 2 N–H and O–H groups in total. The number of aromatic nitrogens is 3. The van der Waals surface area contributed by atoms with Crippen LogP contribution >= 0.6 is 0 Å². The largest absolute Gasteiger partial charge is 0.338 e. The van der Waals surface area contributed by atoms with Gasteiger partial charge in [-0.15, -0.1) is 0 Å². The van der Waals surface area contributed by atoms with Crippen molar-refractivity contribution in [3.8, 4) is 0 Å². The Kier molecular flexibility index (Phi) is 5.28. The minimum atomic E-state index is -0.152. The lowest BCUT2D eigenvalue weighted by Gasteiger charge is -2.15. The molecule has 1 atom stereocenters. The van der Waals surface area contributed by atoms with Gasteiger partial charge < -0.3 is 15.2 Å². The molecule has 3 rings (SSSR count). The van der Waals surface area contributed by atoms with Crippen LogP contribution < -0.4 is 10.6 Å². The van der Waals surface area contributed by atoms with E-state index in [4.69, 9.17) is 0 Å². The Morgan fingerprint density at radius 1 is 1.20 bits per heavy atom. The number of pyridine rings is 1. The van der Waals surface area contributed by atoms with Crippen LogP contribution in [-0.4, -0.2) is 27.1 Å². The first-order chi connectivity index (χ1) is 12.1. The first kappa shape index (κ1) is 17.0. The summed E-state index contributed by atoms with van der Waals surface area (Å²) in [6.07, 6.45) is 5.53. The van der Waals surface area contributed by atoms with E-state index in [0.29, 0.717) is 19.0 Å². The molecule has 0 saturated heterocycles. The highest BCUT2D eigenvalue weighted by Gasteiger charge is 2.07. The number of carbonyl (C=O) groups is 1. The Morgan fingerprint density at radius 2 is 2.08 bits per heavy atom. The molecular weight excluding hydrogens is 314 g/mol. The summed E-state index contributed by atoms with van der Waals surface area (Å²) < 4.78 is 2.09. The first-order valence-electron chi connectivity index (χ1n) is 8.45. The smallest absolute Gasteiger partial charge is 0.315 e. The van der Waals surface area contributed by atoms with Crippen LogP contribution in [0.2, 0.25) is 0 Å². The molecule has 3 aromatic rings. The second-order valence-corrected chi connectivity index (χ2v) is 6.33. The Bertz CT molecular complexity index is 858. The summed E-state index contributed by atoms with van der Waals surface area (Å²) in [6.45, 7) is 6.03. The fourth-order valence-corrected chi connectivity index (χ4v) is 2.74. The predicted molar refractivity (Wildman–Crippen MR) is 98.1 cm³/mol. The quantitative estimate of drug-likeness (QED) is 0.726. The number of nitrogens with one attached hydrogen (secondary N) is 2. The molecule has 6 nitrogen and oxygen atoms in total. The average molecular weight is 337 g/mol. The Balaban J connectivity index is 1.45. The van der Waals surface area contributed by atoms with Crippen LogP contribution in [0.1, 0.15) is 18.3 Å². The first-order valence-corrected chi connectivity index (χ1v) is 8.45. The van der Waals surface area contributed by atoms with Gasteiger partial charge >= 0.3 is 6.03 Å². The van der Waals surface area contributed by atoms with Gasteiger partial charge in [-0.2, -0.15) is 0 Å². The maximum absolute atomic E-state index is 12.0. The Labute approximate surface area is 147 Å². The topological polar surface area (TPSA) is 71.8 Å². The van der Waals surface area contributed by atoms with Crippen molar-refractivity contribution in [1.82, 2.24) is 25.2 Å². The van der Waals surface area contributed by atoms with Crippen molar-refractivity contribution >= 4 is 16.9 Å². The highest BCUT2D eigenvalue weighted by molar-refractivity contribution is 5.79. The molecule has 6 heteroatoms. The molecule has 25 heavy (non-hydrogen) atoms. The van der Waals surface area contributed by atoms with E-state index in [1.54, 1.807) is 12.4 Å². The van der Waals surface area contributed by atoms with E-state index in [1.165, 1.54) is 0 Å². The second-order valence-electron chi connectivity index (χ2n) is 6.33. The van der Waals surface area contributed by atoms with Crippen LogP contribution in [0.3, 0.4) is 0 Å². The fourth-order valence-electron chi connectivity index (χ4n) is 2.74. The molecule has 0 radical (unpaired) electrons. The van der Waals surface area contributed by atoms with E-state index in [0.717, 1.165) is 28.8 Å². The van der Waals surface area contributed by atoms with Crippen LogP contribution in [0.4, 0.5) is 4.79 Å². The van der Waals surface area contributed by atoms with Crippen LogP contribution in [0, 0.1) is 12.8 Å². The molecule has 2 amide bonds. The van der Waals surface area contributed by atoms with Gasteiger partial charge in [0.1, 0.15) is 5.82 Å². The third-order valence-corrected chi connectivity index (χ3v) is 4.16. The lowest BCUT2D eigenvalue weighted by atomic mass is 10.1. The Morgan fingerprint density at radius 3 is 2.88 bits per heavy atom. The van der Waals surface area contributed by atoms with Crippen LogP contribution in [0.15, 0.2) is 48.9 Å². The van der Waals surface area contributed by atoms with E-state index < -0.39 is 0 Å². The molecule has 1 aromatic carbocycles. The van der Waals surface area contributed by atoms with E-state index >= 15 is 0 Å². The zero-order valence-electron chi connectivity index (χ0n) is 14.6. The summed E-state index contributed by atoms with van der Waals surface area (Å²) in [5, 5.41) is 6.90. The molecule has 2 aromatic heterocycles. The normalized spacial score (nSPS) is 12.1. The van der Waals surface area contributed by atoms with Gasteiger partial charge in [-0.1, -0.05) is 19.1 Å². The number of hydrogen-bond donors (Lipinski definition) is 2. The van der Waals surface area contributed by atoms with Crippen molar-refractivity contribution in [2.24, 2.45) is 5.92 Å². The lowest BCUT2D eigenvalue weighted by molar-refractivity contribution is 0.238. The maximum Gasteiger partial charge on any atom is 0.315 e. The highest BCUT2D eigenvalue weighted by Crippen LogP contribution is 2.13. The summed E-state index contributed by atoms with van der Waals surface area (Å²) in [7, 11) is 0. The SMILES string of the molecule is Cc1nccn1CC(C)CNC(=O)NCc1ccc2ncccc2c1. The van der Waals surface area contributed by atoms with Crippen molar-refractivity contribution in [1.29, 1.82) is 0 Å². The van der Waals surface area contributed by atoms with Gasteiger partial charge in [0.05, 0.1) is 5.52 Å². The van der Waals surface area contributed by atoms with E-state index in [-0.39, 0.29) is 6.03 Å². The van der Waals surface area contributed by atoms with Crippen molar-refractivity contribution in [3.63, 3.8) is 0 Å². The van der Waals surface area contributed by atoms with Gasteiger partial charge in [0.2, 0.25) is 0 Å². The van der Waals surface area contributed by atoms with Gasteiger partial charge in [-0.25, -0.2) is 9.78 Å². The average Bonchev–Trinajstić information content (AvgIpc) is 3.02. The number of aryl methyl sites for hydroxylation is 1. The molecular formula is C19H23N5O. The zero-order chi connectivity index (χ0) is 17.6. The van der Waals surface area contributed by atoms with Gasteiger partial charge in [0, 0.05) is 43.6 Å². The highest BCUT2D eigenvalue weighted by atomic mass is 16.2. The monoisotopic (exact) mass is 337 g/mol. The number of hydrogen-bond acceptors (Lipinski definition) is 3. The number of rotatable bonds is 6. The van der Waals surface area contributed by atoms with E-state index in [1.807, 2.05) is 43.5 Å². The van der Waals surface area contributed by atoms with Crippen LogP contribution in [-0.2, 0) is 13.1 Å². The number of fused-ring (bicyclic) bond motifs is 1. The standard InChI is InChI=1S/C19H23N5O/c1-14(13-24-9-8-20-15(24)2)11-22-19(25)23-12-16-5-6-18-17(10-16)4-3-7-21-18/h3-10,14H,11-13H2,1-2H3,(H2,22,23,25). The number of urea groups is 1. The van der Waals surface area contributed by atoms with Gasteiger partial charge in [-0.3, -0.25) is 4.98 Å². The summed E-state index contributed by atoms with van der Waals surface area (Å²) in [4.78, 5) is 20.5. The maximum atomic E-state index is 12.0. The second kappa shape index (κ2) is 7.79. The number of amides is 2. The molecule has 2 heterocycles. The predicted octanol–water partition coefficient (Wildman–Crippen LogP) is 2.88. The van der Waals surface area contributed by atoms with Crippen molar-refractivity contribution in [3.05, 3.63) is 60.3 Å². The molecule has 0 aliphatic rings. The molecule has 0 spiro atoms. The number of imidazole rings is 1. The molecule has 0 aliphatic carbocycles. The van der Waals surface area contributed by atoms with Gasteiger partial charge in [0.25, 0.3) is 0 Å². The fraction of sp³-hybridized carbons (Fsp3) is 0.316. The van der Waals surface area contributed by atoms with Crippen molar-refractivity contribution in [2.45, 2.75) is 26.9 Å². The third kappa shape index (κ3) is 4.56. The summed E-state index contributed by atoms with van der Waals surface area (Å²) in [5.41, 5.74) is 2.01. The summed E-state index contributed by atoms with van der Waals surface area (Å²) >= 11 is 0. The third-order valence-electron chi connectivity index (χ3n) is 4.16. The minimum Gasteiger partial charge on any atom is -0.338 e. The van der Waals surface area contributed by atoms with Crippen LogP contribution in [0.5, 0.6) is 0 Å². The minimum absolute atomic E-state index is 0.152. The molecule has 0 saturated carbocycles. The van der Waals surface area contributed by atoms with Gasteiger partial charge in [0.15, 0.2) is 0 Å². The molecule has 1 unspecified atom stereocenters. The molecule has 0 aliphatic heterocycles. The van der Waals surface area contributed by atoms with Gasteiger partial charge in [-0.05, 0) is 36.6 Å². The summed E-state index contributed by atoms with van der Waals surface area (Å²) in [5.74, 6) is 1.31. The number of nitrogens with zero attached hydrogens (tertiary/aromatic N) is 3. The number of carbonyl (C=O) groups excluding carboxylic acids is 1. The number of benzene rings is 1. The lowest BCUT2D eigenvalue weighted by Crippen LogP contribution is -2.38. The molecule has 0 fully saturated rings.